The SMILES string of the molecule is O=C(O)C1COCCN1C(=O)CCSCc1nc2ccccc2c(=O)[nH]1. The van der Waals surface area contributed by atoms with Crippen LogP contribution in [0.2, 0.25) is 0 Å². The number of aliphatic carboxylic acids is 1. The number of carboxylic acid groups (broad SMARTS) is 1. The lowest BCUT2D eigenvalue weighted by Gasteiger charge is -2.32. The van der Waals surface area contributed by atoms with Gasteiger partial charge < -0.3 is 19.7 Å². The Bertz CT molecular complexity index is 869. The zero-order valence-electron chi connectivity index (χ0n) is 14.0. The van der Waals surface area contributed by atoms with Crippen LogP contribution in [0.3, 0.4) is 0 Å². The van der Waals surface area contributed by atoms with Crippen LogP contribution in [-0.2, 0) is 20.1 Å². The van der Waals surface area contributed by atoms with Crippen LogP contribution in [-0.4, -0.2) is 63.4 Å². The fourth-order valence-electron chi connectivity index (χ4n) is 2.78. The molecule has 2 heterocycles. The summed E-state index contributed by atoms with van der Waals surface area (Å²) in [6, 6.07) is 6.20. The quantitative estimate of drug-likeness (QED) is 0.718. The summed E-state index contributed by atoms with van der Waals surface area (Å²) >= 11 is 1.47. The van der Waals surface area contributed by atoms with Gasteiger partial charge in [-0.2, -0.15) is 11.8 Å². The minimum absolute atomic E-state index is 0.0243. The standard InChI is InChI=1S/C17H19N3O5S/c21-15(20-6-7-25-9-13(20)17(23)24)5-8-26-10-14-18-12-4-2-1-3-11(12)16(22)19-14/h1-4,13H,5-10H2,(H,23,24)(H,18,19,22). The molecule has 1 fully saturated rings. The third-order valence-corrected chi connectivity index (χ3v) is 5.07. The molecule has 1 aromatic heterocycles. The van der Waals surface area contributed by atoms with Crippen molar-refractivity contribution in [1.82, 2.24) is 14.9 Å². The molecule has 1 saturated heterocycles. The molecule has 138 valence electrons. The largest absolute Gasteiger partial charge is 0.480 e. The molecule has 0 bridgehead atoms. The Morgan fingerprint density at radius 1 is 1.38 bits per heavy atom. The van der Waals surface area contributed by atoms with Crippen molar-refractivity contribution in [2.75, 3.05) is 25.5 Å². The molecule has 0 aliphatic carbocycles. The number of fused-ring (bicyclic) bond motifs is 1. The second-order valence-corrected chi connectivity index (χ2v) is 6.95. The number of ether oxygens (including phenoxy) is 1. The van der Waals surface area contributed by atoms with Crippen LogP contribution in [0, 0.1) is 0 Å². The van der Waals surface area contributed by atoms with Gasteiger partial charge >= 0.3 is 5.97 Å². The molecule has 1 aromatic carbocycles. The number of carboxylic acids is 1. The summed E-state index contributed by atoms with van der Waals surface area (Å²) in [5.41, 5.74) is 0.459. The van der Waals surface area contributed by atoms with E-state index in [2.05, 4.69) is 9.97 Å². The number of para-hydroxylation sites is 1. The first-order valence-corrected chi connectivity index (χ1v) is 9.37. The van der Waals surface area contributed by atoms with E-state index in [0.717, 1.165) is 0 Å². The van der Waals surface area contributed by atoms with Gasteiger partial charge in [0.25, 0.3) is 5.56 Å². The lowest BCUT2D eigenvalue weighted by Crippen LogP contribution is -2.52. The molecule has 0 saturated carbocycles. The number of nitrogens with one attached hydrogen (secondary N) is 1. The van der Waals surface area contributed by atoms with E-state index < -0.39 is 12.0 Å². The number of rotatable bonds is 6. The van der Waals surface area contributed by atoms with E-state index in [9.17, 15) is 14.4 Å². The number of aromatic nitrogens is 2. The number of benzene rings is 1. The highest BCUT2D eigenvalue weighted by Crippen LogP contribution is 2.14. The van der Waals surface area contributed by atoms with Crippen LogP contribution in [0.25, 0.3) is 10.9 Å². The predicted octanol–water partition coefficient (Wildman–Crippen LogP) is 0.858. The Hall–Kier alpha value is -2.39. The van der Waals surface area contributed by atoms with Crippen molar-refractivity contribution >= 4 is 34.5 Å². The zero-order chi connectivity index (χ0) is 18.5. The fraction of sp³-hybridized carbons (Fsp3) is 0.412. The number of hydrogen-bond acceptors (Lipinski definition) is 6. The number of nitrogens with zero attached hydrogens (tertiary/aromatic N) is 2. The average molecular weight is 377 g/mol. The molecular weight excluding hydrogens is 358 g/mol. The summed E-state index contributed by atoms with van der Waals surface area (Å²) in [5, 5.41) is 9.71. The second kappa shape index (κ2) is 8.33. The van der Waals surface area contributed by atoms with E-state index in [0.29, 0.717) is 41.4 Å². The van der Waals surface area contributed by atoms with E-state index in [4.69, 9.17) is 9.84 Å². The molecule has 2 aromatic rings. The van der Waals surface area contributed by atoms with Gasteiger partial charge in [-0.25, -0.2) is 9.78 Å². The van der Waals surface area contributed by atoms with Gasteiger partial charge in [-0.1, -0.05) is 12.1 Å². The number of H-pyrrole nitrogens is 1. The molecule has 8 nitrogen and oxygen atoms in total. The second-order valence-electron chi connectivity index (χ2n) is 5.85. The molecule has 1 atom stereocenters. The molecule has 1 aliphatic rings. The summed E-state index contributed by atoms with van der Waals surface area (Å²) < 4.78 is 5.13. The van der Waals surface area contributed by atoms with Crippen LogP contribution < -0.4 is 5.56 Å². The maximum absolute atomic E-state index is 12.3. The predicted molar refractivity (Wildman–Crippen MR) is 97.1 cm³/mol. The summed E-state index contributed by atoms with van der Waals surface area (Å²) in [7, 11) is 0. The summed E-state index contributed by atoms with van der Waals surface area (Å²) in [6.45, 7) is 0.668. The summed E-state index contributed by atoms with van der Waals surface area (Å²) in [6.07, 6.45) is 0.228. The minimum atomic E-state index is -1.05. The molecule has 1 aliphatic heterocycles. The van der Waals surface area contributed by atoms with Crippen molar-refractivity contribution in [2.24, 2.45) is 0 Å². The van der Waals surface area contributed by atoms with E-state index in [1.165, 1.54) is 16.7 Å². The number of aromatic amines is 1. The smallest absolute Gasteiger partial charge is 0.328 e. The highest BCUT2D eigenvalue weighted by atomic mass is 32.2. The highest BCUT2D eigenvalue weighted by molar-refractivity contribution is 7.98. The van der Waals surface area contributed by atoms with Gasteiger partial charge in [-0.15, -0.1) is 0 Å². The molecule has 1 unspecified atom stereocenters. The van der Waals surface area contributed by atoms with Crippen molar-refractivity contribution in [1.29, 1.82) is 0 Å². The van der Waals surface area contributed by atoms with E-state index >= 15 is 0 Å². The Morgan fingerprint density at radius 3 is 3.00 bits per heavy atom. The molecule has 26 heavy (non-hydrogen) atoms. The average Bonchev–Trinajstić information content (AvgIpc) is 2.65. The lowest BCUT2D eigenvalue weighted by atomic mass is 10.2. The first-order valence-electron chi connectivity index (χ1n) is 8.22. The number of hydrogen-bond donors (Lipinski definition) is 2. The first kappa shape index (κ1) is 18.4. The van der Waals surface area contributed by atoms with Gasteiger partial charge in [0.15, 0.2) is 6.04 Å². The van der Waals surface area contributed by atoms with E-state index in [1.807, 2.05) is 6.07 Å². The third-order valence-electron chi connectivity index (χ3n) is 4.09. The van der Waals surface area contributed by atoms with E-state index in [1.54, 1.807) is 18.2 Å². The number of thioether (sulfide) groups is 1. The molecule has 9 heteroatoms. The molecule has 2 N–H and O–H groups in total. The van der Waals surface area contributed by atoms with Gasteiger partial charge in [-0.3, -0.25) is 9.59 Å². The normalized spacial score (nSPS) is 17.4. The Morgan fingerprint density at radius 2 is 2.19 bits per heavy atom. The van der Waals surface area contributed by atoms with Crippen molar-refractivity contribution in [3.63, 3.8) is 0 Å². The zero-order valence-corrected chi connectivity index (χ0v) is 14.8. The maximum Gasteiger partial charge on any atom is 0.328 e. The van der Waals surface area contributed by atoms with Crippen molar-refractivity contribution in [3.8, 4) is 0 Å². The van der Waals surface area contributed by atoms with Gasteiger partial charge in [0.2, 0.25) is 5.91 Å². The fourth-order valence-corrected chi connectivity index (χ4v) is 3.58. The van der Waals surface area contributed by atoms with Crippen LogP contribution in [0.15, 0.2) is 29.1 Å². The number of carbonyl (C=O) groups is 2. The lowest BCUT2D eigenvalue weighted by molar-refractivity contribution is -0.158. The molecule has 0 radical (unpaired) electrons. The summed E-state index contributed by atoms with van der Waals surface area (Å²) in [5.74, 6) is 0.287. The van der Waals surface area contributed by atoms with Crippen molar-refractivity contribution < 1.29 is 19.4 Å². The minimum Gasteiger partial charge on any atom is -0.480 e. The topological polar surface area (TPSA) is 113 Å². The van der Waals surface area contributed by atoms with Crippen molar-refractivity contribution in [3.05, 3.63) is 40.4 Å². The van der Waals surface area contributed by atoms with Gasteiger partial charge in [0.1, 0.15) is 5.82 Å². The number of morpholine rings is 1. The summed E-state index contributed by atoms with van der Waals surface area (Å²) in [4.78, 5) is 44.0. The molecule has 1 amide bonds. The highest BCUT2D eigenvalue weighted by Gasteiger charge is 2.32. The monoisotopic (exact) mass is 377 g/mol. The molecule has 0 spiro atoms. The van der Waals surface area contributed by atoms with Crippen LogP contribution in [0.5, 0.6) is 0 Å². The van der Waals surface area contributed by atoms with Crippen LogP contribution in [0.1, 0.15) is 12.2 Å². The number of carbonyl (C=O) groups excluding carboxylic acids is 1. The number of amides is 1. The van der Waals surface area contributed by atoms with Crippen LogP contribution >= 0.6 is 11.8 Å². The Balaban J connectivity index is 1.53. The molecule has 3 rings (SSSR count). The Labute approximate surface area is 153 Å². The van der Waals surface area contributed by atoms with Gasteiger partial charge in [0.05, 0.1) is 29.9 Å². The van der Waals surface area contributed by atoms with Gasteiger partial charge in [0, 0.05) is 18.7 Å². The van der Waals surface area contributed by atoms with E-state index in [-0.39, 0.29) is 24.5 Å². The third kappa shape index (κ3) is 4.23. The molecular formula is C17H19N3O5S. The van der Waals surface area contributed by atoms with Gasteiger partial charge in [-0.05, 0) is 12.1 Å². The maximum atomic E-state index is 12.3. The Kier molecular flexibility index (Phi) is 5.89. The van der Waals surface area contributed by atoms with Crippen LogP contribution in [0.4, 0.5) is 0 Å². The first-order chi connectivity index (χ1) is 12.6. The van der Waals surface area contributed by atoms with Crippen molar-refractivity contribution in [2.45, 2.75) is 18.2 Å².